The standard InChI is InChI=1S/C12H14N2O/c1-2-8-15-11-9-13-12(14-11)10-6-4-3-5-7-10/h3-7,9H,2,8H2,1H3,(H,13,14). The molecular weight excluding hydrogens is 188 g/mol. The van der Waals surface area contributed by atoms with E-state index in [1.165, 1.54) is 0 Å². The Balaban J connectivity index is 2.14. The van der Waals surface area contributed by atoms with Crippen molar-refractivity contribution in [1.29, 1.82) is 0 Å². The van der Waals surface area contributed by atoms with Crippen LogP contribution in [0.1, 0.15) is 13.3 Å². The molecule has 0 bridgehead atoms. The molecule has 0 atom stereocenters. The Morgan fingerprint density at radius 2 is 2.07 bits per heavy atom. The Morgan fingerprint density at radius 1 is 1.27 bits per heavy atom. The van der Waals surface area contributed by atoms with Gasteiger partial charge in [0.05, 0.1) is 12.8 Å². The number of hydrogen-bond donors (Lipinski definition) is 1. The molecule has 1 aromatic carbocycles. The van der Waals surface area contributed by atoms with Gasteiger partial charge in [-0.25, -0.2) is 4.98 Å². The molecule has 78 valence electrons. The molecule has 0 fully saturated rings. The molecule has 3 nitrogen and oxygen atoms in total. The molecule has 0 saturated heterocycles. The second-order valence-corrected chi connectivity index (χ2v) is 3.31. The zero-order chi connectivity index (χ0) is 10.5. The number of benzene rings is 1. The van der Waals surface area contributed by atoms with Crippen molar-refractivity contribution in [2.24, 2.45) is 0 Å². The lowest BCUT2D eigenvalue weighted by atomic mass is 10.2. The maximum atomic E-state index is 5.44. The van der Waals surface area contributed by atoms with Crippen molar-refractivity contribution in [1.82, 2.24) is 9.97 Å². The minimum atomic E-state index is 0.719. The molecule has 0 aliphatic carbocycles. The average Bonchev–Trinajstić information content (AvgIpc) is 2.76. The Labute approximate surface area is 89.1 Å². The van der Waals surface area contributed by atoms with E-state index in [1.807, 2.05) is 30.3 Å². The number of ether oxygens (including phenoxy) is 1. The van der Waals surface area contributed by atoms with Gasteiger partial charge >= 0.3 is 0 Å². The summed E-state index contributed by atoms with van der Waals surface area (Å²) in [7, 11) is 0. The Bertz CT molecular complexity index is 409. The summed E-state index contributed by atoms with van der Waals surface area (Å²) in [5, 5.41) is 0. The molecule has 1 aromatic heterocycles. The van der Waals surface area contributed by atoms with Gasteiger partial charge in [0.15, 0.2) is 0 Å². The molecule has 0 spiro atoms. The number of aromatic amines is 1. The minimum absolute atomic E-state index is 0.719. The normalized spacial score (nSPS) is 10.2. The lowest BCUT2D eigenvalue weighted by Gasteiger charge is -1.99. The van der Waals surface area contributed by atoms with Crippen molar-refractivity contribution < 1.29 is 4.74 Å². The molecule has 3 heteroatoms. The van der Waals surface area contributed by atoms with Gasteiger partial charge in [0.1, 0.15) is 5.82 Å². The first-order valence-electron chi connectivity index (χ1n) is 5.13. The van der Waals surface area contributed by atoms with Crippen LogP contribution in [-0.4, -0.2) is 16.6 Å². The van der Waals surface area contributed by atoms with Crippen molar-refractivity contribution in [2.45, 2.75) is 13.3 Å². The maximum absolute atomic E-state index is 5.44. The molecule has 2 aromatic rings. The van der Waals surface area contributed by atoms with E-state index in [2.05, 4.69) is 16.9 Å². The van der Waals surface area contributed by atoms with Crippen LogP contribution in [0, 0.1) is 0 Å². The third kappa shape index (κ3) is 2.37. The Kier molecular flexibility index (Phi) is 3.02. The highest BCUT2D eigenvalue weighted by atomic mass is 16.5. The molecule has 0 amide bonds. The molecule has 0 radical (unpaired) electrons. The van der Waals surface area contributed by atoms with Crippen molar-refractivity contribution >= 4 is 0 Å². The summed E-state index contributed by atoms with van der Waals surface area (Å²) in [6.45, 7) is 2.80. The van der Waals surface area contributed by atoms with Crippen LogP contribution in [0.25, 0.3) is 11.4 Å². The second kappa shape index (κ2) is 4.64. The molecule has 0 saturated carbocycles. The minimum Gasteiger partial charge on any atom is -0.478 e. The van der Waals surface area contributed by atoms with Gasteiger partial charge in [-0.05, 0) is 6.42 Å². The maximum Gasteiger partial charge on any atom is 0.211 e. The summed E-state index contributed by atoms with van der Waals surface area (Å²) >= 11 is 0. The summed E-state index contributed by atoms with van der Waals surface area (Å²) < 4.78 is 5.44. The summed E-state index contributed by atoms with van der Waals surface area (Å²) in [6.07, 6.45) is 2.72. The van der Waals surface area contributed by atoms with Crippen molar-refractivity contribution in [3.8, 4) is 17.3 Å². The van der Waals surface area contributed by atoms with Gasteiger partial charge in [0, 0.05) is 5.56 Å². The van der Waals surface area contributed by atoms with Crippen LogP contribution in [0.15, 0.2) is 36.5 Å². The first-order valence-corrected chi connectivity index (χ1v) is 5.13. The predicted octanol–water partition coefficient (Wildman–Crippen LogP) is 2.87. The molecule has 0 unspecified atom stereocenters. The second-order valence-electron chi connectivity index (χ2n) is 3.31. The summed E-state index contributed by atoms with van der Waals surface area (Å²) in [5.41, 5.74) is 1.07. The van der Waals surface area contributed by atoms with Crippen molar-refractivity contribution in [3.05, 3.63) is 36.5 Å². The number of nitrogens with zero attached hydrogens (tertiary/aromatic N) is 1. The van der Waals surface area contributed by atoms with Crippen LogP contribution < -0.4 is 4.74 Å². The van der Waals surface area contributed by atoms with E-state index < -0.39 is 0 Å². The van der Waals surface area contributed by atoms with E-state index in [4.69, 9.17) is 4.74 Å². The number of hydrogen-bond acceptors (Lipinski definition) is 2. The zero-order valence-corrected chi connectivity index (χ0v) is 8.73. The fourth-order valence-corrected chi connectivity index (χ4v) is 1.33. The zero-order valence-electron chi connectivity index (χ0n) is 8.73. The highest BCUT2D eigenvalue weighted by molar-refractivity contribution is 5.55. The quantitative estimate of drug-likeness (QED) is 0.827. The highest BCUT2D eigenvalue weighted by Gasteiger charge is 2.02. The Hall–Kier alpha value is -1.77. The third-order valence-corrected chi connectivity index (χ3v) is 2.06. The fraction of sp³-hybridized carbons (Fsp3) is 0.250. The van der Waals surface area contributed by atoms with Crippen LogP contribution in [0.4, 0.5) is 0 Å². The molecule has 0 aliphatic rings. The van der Waals surface area contributed by atoms with E-state index in [-0.39, 0.29) is 0 Å². The molecule has 1 heterocycles. The largest absolute Gasteiger partial charge is 0.478 e. The van der Waals surface area contributed by atoms with E-state index >= 15 is 0 Å². The van der Waals surface area contributed by atoms with Crippen LogP contribution in [0.3, 0.4) is 0 Å². The van der Waals surface area contributed by atoms with E-state index in [0.717, 1.165) is 30.3 Å². The number of aromatic nitrogens is 2. The number of imidazole rings is 1. The summed E-state index contributed by atoms with van der Waals surface area (Å²) in [6, 6.07) is 10.0. The van der Waals surface area contributed by atoms with Gasteiger partial charge in [0.2, 0.25) is 5.88 Å². The smallest absolute Gasteiger partial charge is 0.211 e. The fourth-order valence-electron chi connectivity index (χ4n) is 1.33. The lowest BCUT2D eigenvalue weighted by molar-refractivity contribution is 0.307. The number of H-pyrrole nitrogens is 1. The lowest BCUT2D eigenvalue weighted by Crippen LogP contribution is -1.94. The SMILES string of the molecule is CCCOc1cnc(-c2ccccc2)[nH]1. The van der Waals surface area contributed by atoms with E-state index in [9.17, 15) is 0 Å². The van der Waals surface area contributed by atoms with E-state index in [1.54, 1.807) is 6.20 Å². The van der Waals surface area contributed by atoms with Crippen LogP contribution >= 0.6 is 0 Å². The molecule has 15 heavy (non-hydrogen) atoms. The number of nitrogens with one attached hydrogen (secondary N) is 1. The van der Waals surface area contributed by atoms with Gasteiger partial charge in [0.25, 0.3) is 0 Å². The monoisotopic (exact) mass is 202 g/mol. The van der Waals surface area contributed by atoms with Gasteiger partial charge in [-0.1, -0.05) is 37.3 Å². The third-order valence-electron chi connectivity index (χ3n) is 2.06. The molecule has 2 rings (SSSR count). The summed E-state index contributed by atoms with van der Waals surface area (Å²) in [4.78, 5) is 7.39. The molecule has 1 N–H and O–H groups in total. The average molecular weight is 202 g/mol. The van der Waals surface area contributed by atoms with Crippen LogP contribution in [-0.2, 0) is 0 Å². The van der Waals surface area contributed by atoms with Gasteiger partial charge in [-0.3, -0.25) is 0 Å². The first kappa shape index (κ1) is 9.77. The van der Waals surface area contributed by atoms with Crippen molar-refractivity contribution in [3.63, 3.8) is 0 Å². The highest BCUT2D eigenvalue weighted by Crippen LogP contribution is 2.17. The van der Waals surface area contributed by atoms with Crippen LogP contribution in [0.5, 0.6) is 5.88 Å². The molecule has 0 aliphatic heterocycles. The van der Waals surface area contributed by atoms with Gasteiger partial charge in [-0.15, -0.1) is 0 Å². The predicted molar refractivity (Wildman–Crippen MR) is 59.8 cm³/mol. The van der Waals surface area contributed by atoms with Gasteiger partial charge in [-0.2, -0.15) is 0 Å². The van der Waals surface area contributed by atoms with Gasteiger partial charge < -0.3 is 9.72 Å². The van der Waals surface area contributed by atoms with E-state index in [0.29, 0.717) is 0 Å². The summed E-state index contributed by atoms with van der Waals surface area (Å²) in [5.74, 6) is 1.58. The first-order chi connectivity index (χ1) is 7.40. The topological polar surface area (TPSA) is 37.9 Å². The molecular formula is C12H14N2O. The van der Waals surface area contributed by atoms with Crippen LogP contribution in [0.2, 0.25) is 0 Å². The Morgan fingerprint density at radius 3 is 2.80 bits per heavy atom. The number of rotatable bonds is 4. The van der Waals surface area contributed by atoms with Crippen molar-refractivity contribution in [2.75, 3.05) is 6.61 Å².